The molecule has 0 fully saturated rings. The fraction of sp³-hybridized carbons (Fsp3) is 0.133. The van der Waals surface area contributed by atoms with E-state index in [4.69, 9.17) is 0 Å². The first-order valence-corrected chi connectivity index (χ1v) is 8.63. The molecule has 0 radical (unpaired) electrons. The van der Waals surface area contributed by atoms with E-state index in [1.807, 2.05) is 18.2 Å². The number of hydrogen-bond donors (Lipinski definition) is 0. The van der Waals surface area contributed by atoms with E-state index in [9.17, 15) is 12.8 Å². The van der Waals surface area contributed by atoms with Gasteiger partial charge in [0.15, 0.2) is 15.7 Å². The highest BCUT2D eigenvalue weighted by Crippen LogP contribution is 2.14. The SMILES string of the molecule is O=S(=O)(Cc1ccc(F)cc1)Cc1nnnn1-c1ccccc1. The van der Waals surface area contributed by atoms with E-state index in [1.165, 1.54) is 28.9 Å². The van der Waals surface area contributed by atoms with Gasteiger partial charge in [-0.25, -0.2) is 12.8 Å². The average Bonchev–Trinajstić information content (AvgIpc) is 2.97. The van der Waals surface area contributed by atoms with Crippen LogP contribution in [-0.4, -0.2) is 28.6 Å². The maximum Gasteiger partial charge on any atom is 0.171 e. The largest absolute Gasteiger partial charge is 0.228 e. The third kappa shape index (κ3) is 3.78. The second-order valence-corrected chi connectivity index (χ2v) is 7.07. The standard InChI is InChI=1S/C15H13FN4O2S/c16-13-8-6-12(7-9-13)10-23(21,22)11-15-17-18-19-20(15)14-4-2-1-3-5-14/h1-9H,10-11H2. The Morgan fingerprint density at radius 1 is 0.957 bits per heavy atom. The van der Waals surface area contributed by atoms with Gasteiger partial charge in [0.25, 0.3) is 0 Å². The van der Waals surface area contributed by atoms with Crippen molar-refractivity contribution < 1.29 is 12.8 Å². The predicted octanol–water partition coefficient (Wildman–Crippen LogP) is 1.92. The first-order valence-electron chi connectivity index (χ1n) is 6.81. The predicted molar refractivity (Wildman–Crippen MR) is 81.9 cm³/mol. The van der Waals surface area contributed by atoms with Gasteiger partial charge in [-0.15, -0.1) is 5.10 Å². The lowest BCUT2D eigenvalue weighted by atomic mass is 10.2. The van der Waals surface area contributed by atoms with Gasteiger partial charge >= 0.3 is 0 Å². The molecule has 0 aliphatic heterocycles. The van der Waals surface area contributed by atoms with Gasteiger partial charge in [0.1, 0.15) is 11.6 Å². The molecule has 0 aliphatic rings. The van der Waals surface area contributed by atoms with E-state index in [2.05, 4.69) is 15.5 Å². The molecular weight excluding hydrogens is 319 g/mol. The van der Waals surface area contributed by atoms with E-state index in [0.717, 1.165) is 0 Å². The number of rotatable bonds is 5. The van der Waals surface area contributed by atoms with Crippen molar-refractivity contribution in [2.75, 3.05) is 0 Å². The summed E-state index contributed by atoms with van der Waals surface area (Å²) in [5.41, 5.74) is 1.20. The van der Waals surface area contributed by atoms with Crippen LogP contribution < -0.4 is 0 Å². The normalized spacial score (nSPS) is 11.5. The summed E-state index contributed by atoms with van der Waals surface area (Å²) in [6, 6.07) is 14.4. The van der Waals surface area contributed by atoms with E-state index in [-0.39, 0.29) is 17.3 Å². The fourth-order valence-electron chi connectivity index (χ4n) is 2.15. The van der Waals surface area contributed by atoms with Gasteiger partial charge in [-0.3, -0.25) is 0 Å². The fourth-order valence-corrected chi connectivity index (χ4v) is 3.52. The van der Waals surface area contributed by atoms with Crippen LogP contribution in [0.5, 0.6) is 0 Å². The second kappa shape index (κ2) is 6.25. The molecule has 23 heavy (non-hydrogen) atoms. The molecule has 1 heterocycles. The molecule has 0 atom stereocenters. The summed E-state index contributed by atoms with van der Waals surface area (Å²) in [5, 5.41) is 11.2. The van der Waals surface area contributed by atoms with Crippen LogP contribution in [0.3, 0.4) is 0 Å². The Balaban J connectivity index is 1.82. The van der Waals surface area contributed by atoms with Gasteiger partial charge in [-0.2, -0.15) is 4.68 Å². The summed E-state index contributed by atoms with van der Waals surface area (Å²) in [4.78, 5) is 0. The van der Waals surface area contributed by atoms with Crippen LogP contribution in [0.2, 0.25) is 0 Å². The summed E-state index contributed by atoms with van der Waals surface area (Å²) < 4.78 is 38.9. The van der Waals surface area contributed by atoms with Crippen LogP contribution in [0.15, 0.2) is 54.6 Å². The zero-order valence-corrected chi connectivity index (χ0v) is 12.8. The monoisotopic (exact) mass is 332 g/mol. The zero-order valence-electron chi connectivity index (χ0n) is 12.0. The van der Waals surface area contributed by atoms with Crippen LogP contribution in [0.1, 0.15) is 11.4 Å². The van der Waals surface area contributed by atoms with Crippen molar-refractivity contribution >= 4 is 9.84 Å². The van der Waals surface area contributed by atoms with Crippen LogP contribution in [-0.2, 0) is 21.3 Å². The van der Waals surface area contributed by atoms with Crippen molar-refractivity contribution in [1.82, 2.24) is 20.2 Å². The smallest absolute Gasteiger partial charge is 0.171 e. The molecule has 0 saturated heterocycles. The maximum absolute atomic E-state index is 12.9. The lowest BCUT2D eigenvalue weighted by Gasteiger charge is -2.06. The number of aromatic nitrogens is 4. The molecule has 0 bridgehead atoms. The van der Waals surface area contributed by atoms with Gasteiger partial charge < -0.3 is 0 Å². The van der Waals surface area contributed by atoms with E-state index in [0.29, 0.717) is 11.3 Å². The summed E-state index contributed by atoms with van der Waals surface area (Å²) >= 11 is 0. The first kappa shape index (κ1) is 15.3. The molecule has 0 unspecified atom stereocenters. The Bertz CT molecular complexity index is 893. The molecule has 0 N–H and O–H groups in total. The molecule has 3 aromatic rings. The van der Waals surface area contributed by atoms with Gasteiger partial charge in [-0.1, -0.05) is 30.3 Å². The molecule has 8 heteroatoms. The minimum absolute atomic E-state index is 0.199. The van der Waals surface area contributed by atoms with E-state index in [1.54, 1.807) is 12.1 Å². The van der Waals surface area contributed by atoms with Gasteiger partial charge in [0.05, 0.1) is 11.4 Å². The Morgan fingerprint density at radius 2 is 1.65 bits per heavy atom. The molecule has 0 spiro atoms. The lowest BCUT2D eigenvalue weighted by Crippen LogP contribution is -2.12. The molecular formula is C15H13FN4O2S. The first-order chi connectivity index (χ1) is 11.0. The minimum atomic E-state index is -3.49. The highest BCUT2D eigenvalue weighted by Gasteiger charge is 2.19. The Labute approximate surface area is 132 Å². The minimum Gasteiger partial charge on any atom is -0.228 e. The maximum atomic E-state index is 12.9. The summed E-state index contributed by atoms with van der Waals surface area (Å²) in [6.45, 7) is 0. The number of sulfone groups is 1. The Kier molecular flexibility index (Phi) is 4.16. The van der Waals surface area contributed by atoms with Crippen molar-refractivity contribution in [3.63, 3.8) is 0 Å². The average molecular weight is 332 g/mol. The topological polar surface area (TPSA) is 77.7 Å². The highest BCUT2D eigenvalue weighted by atomic mass is 32.2. The summed E-state index contributed by atoms with van der Waals surface area (Å²) in [6.07, 6.45) is 0. The van der Waals surface area contributed by atoms with Crippen LogP contribution >= 0.6 is 0 Å². The Morgan fingerprint density at radius 3 is 2.35 bits per heavy atom. The number of hydrogen-bond acceptors (Lipinski definition) is 5. The number of nitrogens with zero attached hydrogens (tertiary/aromatic N) is 4. The lowest BCUT2D eigenvalue weighted by molar-refractivity contribution is 0.591. The highest BCUT2D eigenvalue weighted by molar-refractivity contribution is 7.89. The molecule has 3 rings (SSSR count). The number of benzene rings is 2. The van der Waals surface area contributed by atoms with Gasteiger partial charge in [0.2, 0.25) is 0 Å². The molecule has 0 amide bonds. The van der Waals surface area contributed by atoms with Crippen molar-refractivity contribution in [2.24, 2.45) is 0 Å². The molecule has 118 valence electrons. The van der Waals surface area contributed by atoms with E-state index >= 15 is 0 Å². The van der Waals surface area contributed by atoms with Crippen LogP contribution in [0.4, 0.5) is 4.39 Å². The van der Waals surface area contributed by atoms with Crippen molar-refractivity contribution in [1.29, 1.82) is 0 Å². The molecule has 0 saturated carbocycles. The zero-order chi connectivity index (χ0) is 16.3. The molecule has 2 aromatic carbocycles. The van der Waals surface area contributed by atoms with Crippen molar-refractivity contribution in [3.8, 4) is 5.69 Å². The van der Waals surface area contributed by atoms with Crippen LogP contribution in [0.25, 0.3) is 5.69 Å². The third-order valence-corrected chi connectivity index (χ3v) is 4.65. The van der Waals surface area contributed by atoms with E-state index < -0.39 is 15.7 Å². The Hall–Kier alpha value is -2.61. The quantitative estimate of drug-likeness (QED) is 0.713. The van der Waals surface area contributed by atoms with Gasteiger partial charge in [-0.05, 0) is 40.3 Å². The molecule has 6 nitrogen and oxygen atoms in total. The van der Waals surface area contributed by atoms with Crippen LogP contribution in [0, 0.1) is 5.82 Å². The van der Waals surface area contributed by atoms with Crippen molar-refractivity contribution in [3.05, 3.63) is 71.8 Å². The van der Waals surface area contributed by atoms with Gasteiger partial charge in [0, 0.05) is 0 Å². The second-order valence-electron chi connectivity index (χ2n) is 5.00. The van der Waals surface area contributed by atoms with Crippen molar-refractivity contribution in [2.45, 2.75) is 11.5 Å². The number of halogens is 1. The number of para-hydroxylation sites is 1. The molecule has 0 aliphatic carbocycles. The summed E-state index contributed by atoms with van der Waals surface area (Å²) in [5.74, 6) is -0.668. The third-order valence-electron chi connectivity index (χ3n) is 3.18. The molecule has 1 aromatic heterocycles. The summed E-state index contributed by atoms with van der Waals surface area (Å²) in [7, 11) is -3.49. The number of tetrazole rings is 1.